The van der Waals surface area contributed by atoms with E-state index in [0.29, 0.717) is 30.3 Å². The van der Waals surface area contributed by atoms with Crippen molar-refractivity contribution in [1.82, 2.24) is 5.32 Å². The van der Waals surface area contributed by atoms with E-state index >= 15 is 0 Å². The summed E-state index contributed by atoms with van der Waals surface area (Å²) in [5, 5.41) is 3.31. The minimum absolute atomic E-state index is 0.0275. The predicted molar refractivity (Wildman–Crippen MR) is 67.0 cm³/mol. The second-order valence-electron chi connectivity index (χ2n) is 4.62. The topological polar surface area (TPSA) is 30.5 Å². The molecule has 1 saturated heterocycles. The zero-order valence-electron chi connectivity index (χ0n) is 9.97. The Kier molecular flexibility index (Phi) is 3.31. The van der Waals surface area contributed by atoms with E-state index in [1.807, 2.05) is 0 Å². The van der Waals surface area contributed by atoms with Crippen molar-refractivity contribution in [3.8, 4) is 11.5 Å². The van der Waals surface area contributed by atoms with Crippen LogP contribution in [0, 0.1) is 5.82 Å². The summed E-state index contributed by atoms with van der Waals surface area (Å²) in [6, 6.07) is 1.75. The lowest BCUT2D eigenvalue weighted by atomic mass is 10.0. The van der Waals surface area contributed by atoms with Crippen LogP contribution in [0.1, 0.15) is 30.9 Å². The molecule has 0 saturated carbocycles. The Labute approximate surface area is 110 Å². The van der Waals surface area contributed by atoms with Gasteiger partial charge in [-0.05, 0) is 25.5 Å². The maximum Gasteiger partial charge on any atom is 0.182 e. The van der Waals surface area contributed by atoms with E-state index in [-0.39, 0.29) is 16.9 Å². The average Bonchev–Trinajstić information content (AvgIpc) is 2.79. The van der Waals surface area contributed by atoms with E-state index in [4.69, 9.17) is 21.1 Å². The van der Waals surface area contributed by atoms with Gasteiger partial charge in [0.25, 0.3) is 0 Å². The van der Waals surface area contributed by atoms with E-state index in [1.54, 1.807) is 6.07 Å². The molecule has 0 spiro atoms. The van der Waals surface area contributed by atoms with Crippen molar-refractivity contribution >= 4 is 11.6 Å². The number of ether oxygens (including phenoxy) is 2. The van der Waals surface area contributed by atoms with E-state index in [1.165, 1.54) is 0 Å². The fourth-order valence-corrected chi connectivity index (χ4v) is 2.72. The molecule has 98 valence electrons. The van der Waals surface area contributed by atoms with Gasteiger partial charge in [0.2, 0.25) is 0 Å². The van der Waals surface area contributed by atoms with Crippen molar-refractivity contribution in [1.29, 1.82) is 0 Å². The molecule has 1 N–H and O–H groups in total. The quantitative estimate of drug-likeness (QED) is 0.852. The lowest BCUT2D eigenvalue weighted by Crippen LogP contribution is -2.15. The molecule has 3 rings (SSSR count). The maximum absolute atomic E-state index is 14.3. The summed E-state index contributed by atoms with van der Waals surface area (Å²) in [5.41, 5.74) is 0.585. The van der Waals surface area contributed by atoms with Crippen LogP contribution in [0.3, 0.4) is 0 Å². The number of halogens is 2. The van der Waals surface area contributed by atoms with Crippen LogP contribution in [0.5, 0.6) is 11.5 Å². The van der Waals surface area contributed by atoms with Crippen molar-refractivity contribution in [3.63, 3.8) is 0 Å². The normalized spacial score (nSPS) is 22.9. The van der Waals surface area contributed by atoms with Gasteiger partial charge in [-0.15, -0.1) is 0 Å². The van der Waals surface area contributed by atoms with Gasteiger partial charge in [-0.25, -0.2) is 4.39 Å². The van der Waals surface area contributed by atoms with Gasteiger partial charge >= 0.3 is 0 Å². The van der Waals surface area contributed by atoms with Crippen LogP contribution >= 0.6 is 11.6 Å². The zero-order chi connectivity index (χ0) is 12.5. The predicted octanol–water partition coefficient (Wildman–Crippen LogP) is 3.06. The monoisotopic (exact) mass is 271 g/mol. The smallest absolute Gasteiger partial charge is 0.182 e. The molecular weight excluding hydrogens is 257 g/mol. The van der Waals surface area contributed by atoms with Crippen molar-refractivity contribution in [2.45, 2.75) is 25.3 Å². The third kappa shape index (κ3) is 2.04. The minimum Gasteiger partial charge on any atom is -0.489 e. The number of nitrogens with one attached hydrogen (secondary N) is 1. The van der Waals surface area contributed by atoms with Gasteiger partial charge in [-0.2, -0.15) is 0 Å². The molecule has 1 unspecified atom stereocenters. The first-order valence-corrected chi connectivity index (χ1v) is 6.66. The van der Waals surface area contributed by atoms with E-state index < -0.39 is 0 Å². The van der Waals surface area contributed by atoms with Crippen LogP contribution in [-0.4, -0.2) is 19.8 Å². The van der Waals surface area contributed by atoms with Gasteiger partial charge in [0.15, 0.2) is 17.3 Å². The lowest BCUT2D eigenvalue weighted by Gasteiger charge is -2.17. The zero-order valence-corrected chi connectivity index (χ0v) is 10.7. The van der Waals surface area contributed by atoms with E-state index in [9.17, 15) is 4.39 Å². The molecular formula is C13H15ClFNO2. The molecule has 3 nitrogen and oxygen atoms in total. The molecule has 2 aliphatic rings. The van der Waals surface area contributed by atoms with Gasteiger partial charge < -0.3 is 14.8 Å². The highest BCUT2D eigenvalue weighted by Crippen LogP contribution is 2.42. The highest BCUT2D eigenvalue weighted by Gasteiger charge is 2.26. The molecule has 1 aromatic carbocycles. The van der Waals surface area contributed by atoms with Crippen LogP contribution in [0.2, 0.25) is 5.02 Å². The maximum atomic E-state index is 14.3. The van der Waals surface area contributed by atoms with E-state index in [2.05, 4.69) is 5.32 Å². The van der Waals surface area contributed by atoms with Gasteiger partial charge in [0, 0.05) is 18.0 Å². The van der Waals surface area contributed by atoms with Crippen LogP contribution < -0.4 is 14.8 Å². The molecule has 1 atom stereocenters. The average molecular weight is 272 g/mol. The number of rotatable bonds is 1. The molecule has 2 aliphatic heterocycles. The SMILES string of the molecule is Fc1c(C2CCCN2)cc2c(c1Cl)OCCCO2. The number of hydrogen-bond donors (Lipinski definition) is 1. The minimum atomic E-state index is -0.389. The van der Waals surface area contributed by atoms with Crippen molar-refractivity contribution < 1.29 is 13.9 Å². The molecule has 0 aliphatic carbocycles. The van der Waals surface area contributed by atoms with Crippen LogP contribution in [0.15, 0.2) is 6.07 Å². The Hall–Kier alpha value is -1.00. The summed E-state index contributed by atoms with van der Waals surface area (Å²) in [7, 11) is 0. The summed E-state index contributed by atoms with van der Waals surface area (Å²) < 4.78 is 25.3. The first-order valence-electron chi connectivity index (χ1n) is 6.28. The number of benzene rings is 1. The standard InChI is InChI=1S/C13H15ClFNO2/c14-11-12(15)8(9-3-1-4-16-9)7-10-13(11)18-6-2-5-17-10/h7,9,16H,1-6H2. The summed E-state index contributed by atoms with van der Waals surface area (Å²) in [6.07, 6.45) is 2.76. The molecule has 1 fully saturated rings. The largest absolute Gasteiger partial charge is 0.489 e. The van der Waals surface area contributed by atoms with Crippen molar-refractivity contribution in [2.24, 2.45) is 0 Å². The fourth-order valence-electron chi connectivity index (χ4n) is 2.47. The van der Waals surface area contributed by atoms with Crippen LogP contribution in [-0.2, 0) is 0 Å². The summed E-state index contributed by atoms with van der Waals surface area (Å²) in [6.45, 7) is 2.00. The Balaban J connectivity index is 2.05. The fraction of sp³-hybridized carbons (Fsp3) is 0.538. The summed E-state index contributed by atoms with van der Waals surface area (Å²) in [5.74, 6) is 0.510. The van der Waals surface area contributed by atoms with Gasteiger partial charge in [0.05, 0.1) is 13.2 Å². The highest BCUT2D eigenvalue weighted by atomic mass is 35.5. The third-order valence-electron chi connectivity index (χ3n) is 3.38. The number of fused-ring (bicyclic) bond motifs is 1. The molecule has 0 bridgehead atoms. The number of hydrogen-bond acceptors (Lipinski definition) is 3. The molecule has 0 amide bonds. The van der Waals surface area contributed by atoms with Gasteiger partial charge in [-0.3, -0.25) is 0 Å². The second-order valence-corrected chi connectivity index (χ2v) is 5.00. The Morgan fingerprint density at radius 3 is 2.89 bits per heavy atom. The highest BCUT2D eigenvalue weighted by molar-refractivity contribution is 6.32. The van der Waals surface area contributed by atoms with E-state index in [0.717, 1.165) is 25.8 Å². The Morgan fingerprint density at radius 2 is 2.11 bits per heavy atom. The van der Waals surface area contributed by atoms with Crippen LogP contribution in [0.4, 0.5) is 4.39 Å². The first kappa shape index (κ1) is 12.1. The van der Waals surface area contributed by atoms with Gasteiger partial charge in [-0.1, -0.05) is 11.6 Å². The van der Waals surface area contributed by atoms with Crippen molar-refractivity contribution in [2.75, 3.05) is 19.8 Å². The Morgan fingerprint density at radius 1 is 1.28 bits per heavy atom. The second kappa shape index (κ2) is 4.94. The van der Waals surface area contributed by atoms with Gasteiger partial charge in [0.1, 0.15) is 5.02 Å². The van der Waals surface area contributed by atoms with Crippen LogP contribution in [0.25, 0.3) is 0 Å². The summed E-state index contributed by atoms with van der Waals surface area (Å²) >= 11 is 6.06. The van der Waals surface area contributed by atoms with Crippen molar-refractivity contribution in [3.05, 3.63) is 22.5 Å². The molecule has 2 heterocycles. The molecule has 1 aromatic rings. The summed E-state index contributed by atoms with van der Waals surface area (Å²) in [4.78, 5) is 0. The first-order chi connectivity index (χ1) is 8.77. The lowest BCUT2D eigenvalue weighted by molar-refractivity contribution is 0.296. The molecule has 0 radical (unpaired) electrons. The molecule has 5 heteroatoms. The molecule has 0 aromatic heterocycles. The molecule has 18 heavy (non-hydrogen) atoms. The Bertz CT molecular complexity index is 461. The third-order valence-corrected chi connectivity index (χ3v) is 3.72.